The normalized spacial score (nSPS) is 17.6. The van der Waals surface area contributed by atoms with E-state index in [4.69, 9.17) is 15.0 Å². The van der Waals surface area contributed by atoms with Gasteiger partial charge in [0.1, 0.15) is 23.0 Å². The second-order valence-electron chi connectivity index (χ2n) is 7.73. The van der Waals surface area contributed by atoms with Crippen LogP contribution in [0.2, 0.25) is 0 Å². The van der Waals surface area contributed by atoms with Gasteiger partial charge in [-0.25, -0.2) is 0 Å². The van der Waals surface area contributed by atoms with Crippen LogP contribution in [0.25, 0.3) is 5.76 Å². The molecule has 3 aromatic rings. The average Bonchev–Trinajstić information content (AvgIpc) is 3.42. The van der Waals surface area contributed by atoms with E-state index in [0.717, 1.165) is 0 Å². The molecule has 1 fully saturated rings. The number of aliphatic hydroxyl groups is 1. The number of aromatic nitrogens is 2. The number of nitrogens with one attached hydrogen (secondary N) is 1. The van der Waals surface area contributed by atoms with Crippen molar-refractivity contribution in [3.05, 3.63) is 69.7 Å². The molecule has 0 bridgehead atoms. The predicted octanol–water partition coefficient (Wildman–Crippen LogP) is 2.66. The Labute approximate surface area is 188 Å². The summed E-state index contributed by atoms with van der Waals surface area (Å²) in [5.74, 6) is -1.85. The van der Waals surface area contributed by atoms with Crippen LogP contribution >= 0.6 is 0 Å². The van der Waals surface area contributed by atoms with Crippen molar-refractivity contribution in [2.45, 2.75) is 26.8 Å². The summed E-state index contributed by atoms with van der Waals surface area (Å²) in [7, 11) is 1.49. The van der Waals surface area contributed by atoms with Crippen LogP contribution in [-0.2, 0) is 9.59 Å². The van der Waals surface area contributed by atoms with Crippen LogP contribution in [0.3, 0.4) is 0 Å². The van der Waals surface area contributed by atoms with Crippen molar-refractivity contribution in [3.8, 4) is 5.75 Å². The first kappa shape index (κ1) is 21.9. The van der Waals surface area contributed by atoms with Crippen LogP contribution in [0.15, 0.2) is 40.4 Å². The minimum Gasteiger partial charge on any atom is -0.507 e. The quantitative estimate of drug-likeness (QED) is 0.307. The first-order chi connectivity index (χ1) is 15.6. The van der Waals surface area contributed by atoms with Crippen LogP contribution in [0.1, 0.15) is 44.7 Å². The van der Waals surface area contributed by atoms with E-state index in [-0.39, 0.29) is 22.6 Å². The molecule has 1 aliphatic heterocycles. The van der Waals surface area contributed by atoms with Crippen molar-refractivity contribution >= 4 is 29.2 Å². The van der Waals surface area contributed by atoms with E-state index < -0.39 is 29.4 Å². The summed E-state index contributed by atoms with van der Waals surface area (Å²) in [6, 6.07) is 7.30. The van der Waals surface area contributed by atoms with Crippen LogP contribution in [-0.4, -0.2) is 40.0 Å². The molecule has 0 aliphatic carbocycles. The number of aryl methyl sites for hydroxylation is 2. The molecule has 33 heavy (non-hydrogen) atoms. The highest BCUT2D eigenvalue weighted by molar-refractivity contribution is 6.51. The van der Waals surface area contributed by atoms with Crippen molar-refractivity contribution in [1.82, 2.24) is 10.1 Å². The molecule has 10 heteroatoms. The summed E-state index contributed by atoms with van der Waals surface area (Å²) in [5, 5.41) is 15.2. The molecule has 1 aliphatic rings. The van der Waals surface area contributed by atoms with E-state index in [1.54, 1.807) is 45.0 Å². The molecule has 1 aromatic carbocycles. The molecular weight excluding hydrogens is 428 g/mol. The number of anilines is 1. The van der Waals surface area contributed by atoms with Gasteiger partial charge in [-0.1, -0.05) is 17.3 Å². The molecule has 2 aromatic heterocycles. The Bertz CT molecular complexity index is 1330. The number of carbonyl (C=O) groups is 3. The first-order valence-corrected chi connectivity index (χ1v) is 10.0. The summed E-state index contributed by atoms with van der Waals surface area (Å²) in [5.41, 5.74) is 6.90. The lowest BCUT2D eigenvalue weighted by Gasteiger charge is -2.23. The van der Waals surface area contributed by atoms with E-state index >= 15 is 0 Å². The molecule has 1 saturated heterocycles. The molecule has 10 nitrogen and oxygen atoms in total. The van der Waals surface area contributed by atoms with Gasteiger partial charge in [-0.2, -0.15) is 0 Å². The summed E-state index contributed by atoms with van der Waals surface area (Å²) < 4.78 is 10.4. The molecule has 3 heterocycles. The van der Waals surface area contributed by atoms with E-state index in [1.165, 1.54) is 18.1 Å². The fourth-order valence-electron chi connectivity index (χ4n) is 4.15. The number of nitrogens with zero attached hydrogens (tertiary/aromatic N) is 2. The number of ketones is 1. The van der Waals surface area contributed by atoms with Gasteiger partial charge in [0.05, 0.1) is 18.7 Å². The van der Waals surface area contributed by atoms with E-state index in [1.807, 2.05) is 0 Å². The van der Waals surface area contributed by atoms with E-state index in [2.05, 4.69) is 10.1 Å². The Hall–Kier alpha value is -4.34. The number of benzene rings is 1. The fourth-order valence-corrected chi connectivity index (χ4v) is 4.15. The minimum atomic E-state index is -1.02. The Morgan fingerprint density at radius 3 is 2.55 bits per heavy atom. The third-order valence-corrected chi connectivity index (χ3v) is 5.64. The van der Waals surface area contributed by atoms with Gasteiger partial charge in [0.2, 0.25) is 0 Å². The van der Waals surface area contributed by atoms with Gasteiger partial charge in [0.25, 0.3) is 11.7 Å². The van der Waals surface area contributed by atoms with Crippen LogP contribution < -0.4 is 15.4 Å². The molecule has 4 N–H and O–H groups in total. The number of rotatable bonds is 5. The number of ether oxygens (including phenoxy) is 1. The Morgan fingerprint density at radius 1 is 1.24 bits per heavy atom. The van der Waals surface area contributed by atoms with Gasteiger partial charge in [-0.3, -0.25) is 19.3 Å². The zero-order chi connectivity index (χ0) is 24.0. The summed E-state index contributed by atoms with van der Waals surface area (Å²) in [6.45, 7) is 4.88. The summed E-state index contributed by atoms with van der Waals surface area (Å²) >= 11 is 0. The van der Waals surface area contributed by atoms with Crippen LogP contribution in [0.5, 0.6) is 5.75 Å². The number of aromatic amines is 1. The number of nitrogens with two attached hydrogens (primary N) is 1. The van der Waals surface area contributed by atoms with Gasteiger partial charge < -0.3 is 25.1 Å². The van der Waals surface area contributed by atoms with Crippen molar-refractivity contribution in [2.75, 3.05) is 12.0 Å². The number of hydrogen-bond acceptors (Lipinski definition) is 7. The number of hydrogen-bond donors (Lipinski definition) is 3. The number of methoxy groups -OCH3 is 1. The molecular formula is C23H22N4O6. The lowest BCUT2D eigenvalue weighted by atomic mass is 9.94. The SMILES string of the molecule is COc1cccc(C2/C(=C(\O)c3c(C)[nH]c(C(N)=O)c3C)C(=O)C(=O)N2c2cc(C)on2)c1. The molecule has 4 rings (SSSR count). The molecule has 0 saturated carbocycles. The number of aliphatic hydroxyl groups excluding tert-OH is 1. The van der Waals surface area contributed by atoms with Crippen molar-refractivity contribution < 1.29 is 28.8 Å². The molecule has 170 valence electrons. The zero-order valence-corrected chi connectivity index (χ0v) is 18.4. The van der Waals surface area contributed by atoms with Crippen LogP contribution in [0, 0.1) is 20.8 Å². The molecule has 1 unspecified atom stereocenters. The van der Waals surface area contributed by atoms with Gasteiger partial charge in [0.15, 0.2) is 5.82 Å². The van der Waals surface area contributed by atoms with Crippen molar-refractivity contribution in [1.29, 1.82) is 0 Å². The predicted molar refractivity (Wildman–Crippen MR) is 118 cm³/mol. The Balaban J connectivity index is 2.00. The lowest BCUT2D eigenvalue weighted by molar-refractivity contribution is -0.132. The molecule has 0 spiro atoms. The van der Waals surface area contributed by atoms with Crippen molar-refractivity contribution in [3.63, 3.8) is 0 Å². The third kappa shape index (κ3) is 3.45. The maximum atomic E-state index is 13.2. The number of primary amides is 1. The lowest BCUT2D eigenvalue weighted by Crippen LogP contribution is -2.29. The minimum absolute atomic E-state index is 0.105. The highest BCUT2D eigenvalue weighted by Crippen LogP contribution is 2.43. The number of Topliss-reactive ketones (excluding diaryl/α,β-unsaturated/α-hetero) is 1. The smallest absolute Gasteiger partial charge is 0.301 e. The topological polar surface area (TPSA) is 152 Å². The summed E-state index contributed by atoms with van der Waals surface area (Å²) in [4.78, 5) is 42.1. The Kier molecular flexibility index (Phi) is 5.28. The Morgan fingerprint density at radius 2 is 1.97 bits per heavy atom. The molecule has 2 amide bonds. The van der Waals surface area contributed by atoms with Gasteiger partial charge in [-0.05, 0) is 44.0 Å². The van der Waals surface area contributed by atoms with Gasteiger partial charge in [0, 0.05) is 17.3 Å². The first-order valence-electron chi connectivity index (χ1n) is 10.0. The molecule has 0 radical (unpaired) electrons. The highest BCUT2D eigenvalue weighted by atomic mass is 16.5. The second kappa shape index (κ2) is 7.97. The number of amides is 2. The van der Waals surface area contributed by atoms with Gasteiger partial charge >= 0.3 is 5.91 Å². The van der Waals surface area contributed by atoms with E-state index in [0.29, 0.717) is 28.3 Å². The third-order valence-electron chi connectivity index (χ3n) is 5.64. The number of H-pyrrole nitrogens is 1. The largest absolute Gasteiger partial charge is 0.507 e. The van der Waals surface area contributed by atoms with Crippen molar-refractivity contribution in [2.24, 2.45) is 5.73 Å². The maximum Gasteiger partial charge on any atom is 0.301 e. The monoisotopic (exact) mass is 450 g/mol. The average molecular weight is 450 g/mol. The standard InChI is InChI=1S/C23H22N4O6/c1-10-8-15(26-33-10)27-19(13-6-5-7-14(9-13)32-4)17(21(29)23(27)31)20(28)16-11(2)18(22(24)30)25-12(16)3/h5-9,19,25,28H,1-4H3,(H2,24,30)/b20-17+. The van der Waals surface area contributed by atoms with Crippen LogP contribution in [0.4, 0.5) is 5.82 Å². The summed E-state index contributed by atoms with van der Waals surface area (Å²) in [6.07, 6.45) is 0. The molecule has 1 atom stereocenters. The highest BCUT2D eigenvalue weighted by Gasteiger charge is 2.48. The van der Waals surface area contributed by atoms with Gasteiger partial charge in [-0.15, -0.1) is 0 Å². The maximum absolute atomic E-state index is 13.2. The number of carbonyl (C=O) groups excluding carboxylic acids is 3. The van der Waals surface area contributed by atoms with E-state index in [9.17, 15) is 19.5 Å². The fraction of sp³-hybridized carbons (Fsp3) is 0.217. The second-order valence-corrected chi connectivity index (χ2v) is 7.73. The zero-order valence-electron chi connectivity index (χ0n) is 18.4.